The Labute approximate surface area is 183 Å². The van der Waals surface area contributed by atoms with Crippen LogP contribution in [0.25, 0.3) is 0 Å². The highest BCUT2D eigenvalue weighted by molar-refractivity contribution is 6.15. The van der Waals surface area contributed by atoms with E-state index in [0.717, 1.165) is 17.6 Å². The fourth-order valence-corrected chi connectivity index (χ4v) is 3.78. The summed E-state index contributed by atoms with van der Waals surface area (Å²) < 4.78 is 13.1. The smallest absolute Gasteiger partial charge is 0.320 e. The van der Waals surface area contributed by atoms with E-state index in [0.29, 0.717) is 11.3 Å². The molecule has 9 heteroatoms. The Morgan fingerprint density at radius 3 is 2.74 bits per heavy atom. The molecule has 1 aromatic carbocycles. The maximum Gasteiger partial charge on any atom is 0.320 e. The predicted molar refractivity (Wildman–Crippen MR) is 121 cm³/mol. The molecule has 8 nitrogen and oxygen atoms in total. The zero-order valence-electron chi connectivity index (χ0n) is 17.1. The van der Waals surface area contributed by atoms with Crippen LogP contribution in [0.15, 0.2) is 48.3 Å². The lowest BCUT2D eigenvalue weighted by Gasteiger charge is -2.21. The van der Waals surface area contributed by atoms with Gasteiger partial charge < -0.3 is 16.0 Å². The molecule has 4 rings (SSSR count). The molecule has 5 N–H and O–H groups in total. The van der Waals surface area contributed by atoms with E-state index in [2.05, 4.69) is 15.6 Å². The molecule has 1 saturated carbocycles. The summed E-state index contributed by atoms with van der Waals surface area (Å²) in [6, 6.07) is 6.55. The summed E-state index contributed by atoms with van der Waals surface area (Å²) in [6.07, 6.45) is 3.89. The lowest BCUT2D eigenvalue weighted by Crippen LogP contribution is -2.31. The number of urea groups is 1. The summed E-state index contributed by atoms with van der Waals surface area (Å²) in [6.45, 7) is 1.78. The van der Waals surface area contributed by atoms with Crippen molar-refractivity contribution in [1.29, 1.82) is 5.41 Å². The molecule has 2 unspecified atom stereocenters. The third-order valence-corrected chi connectivity index (χ3v) is 5.64. The average Bonchev–Trinajstić information content (AvgIpc) is 3.52. The maximum atomic E-state index is 13.1. The van der Waals surface area contributed by atoms with Gasteiger partial charge in [0.05, 0.1) is 11.8 Å². The first-order valence-electron chi connectivity index (χ1n) is 9.90. The minimum atomic E-state index is -0.484. The van der Waals surface area contributed by atoms with Crippen LogP contribution in [0.4, 0.5) is 20.7 Å². The van der Waals surface area contributed by atoms with Crippen molar-refractivity contribution in [3.8, 4) is 0 Å². The summed E-state index contributed by atoms with van der Waals surface area (Å²) in [5.41, 5.74) is 8.66. The highest BCUT2D eigenvalue weighted by Gasteiger charge is 2.50. The quantitative estimate of drug-likeness (QED) is 0.541. The third-order valence-electron chi connectivity index (χ3n) is 5.64. The normalized spacial score (nSPS) is 20.4. The average molecular weight is 429 g/mol. The number of amides is 3. The second kappa shape index (κ2) is 7.82. The number of fused-ring (bicyclic) bond motifs is 1. The molecule has 0 saturated heterocycles. The number of nitrogen functional groups attached to an aromatic ring is 1. The second-order valence-electron chi connectivity index (χ2n) is 7.89. The molecule has 2 aliphatic rings. The van der Waals surface area contributed by atoms with E-state index in [-0.39, 0.29) is 45.4 Å². The van der Waals surface area contributed by atoms with Crippen LogP contribution in [0.3, 0.4) is 0 Å². The van der Waals surface area contributed by atoms with Gasteiger partial charge in [-0.15, -0.1) is 0 Å². The Morgan fingerprint density at radius 2 is 2.06 bits per heavy atom. The Hall–Kier alpha value is -3.75. The zero-order valence-corrected chi connectivity index (χ0v) is 17.1. The SMILES string of the molecule is C[C@@H](NC(=O)Nc1cc(N)c(C(=N)C2=CN(C)C(=O)C3CC23)cn1)c1ccc(F)cc1.[HH].[HH].[HH]. The van der Waals surface area contributed by atoms with Crippen molar-refractivity contribution in [3.63, 3.8) is 0 Å². The number of carbonyl (C=O) groups excluding carboxylic acids is 2. The molecular weight excluding hydrogens is 399 g/mol. The minimum absolute atomic E-state index is 0. The number of nitrogens with zero attached hydrogens (tertiary/aromatic N) is 2. The first kappa shape index (κ1) is 20.5. The molecule has 0 radical (unpaired) electrons. The topological polar surface area (TPSA) is 124 Å². The van der Waals surface area contributed by atoms with Crippen molar-refractivity contribution in [2.24, 2.45) is 11.8 Å². The van der Waals surface area contributed by atoms with E-state index in [1.165, 1.54) is 29.3 Å². The van der Waals surface area contributed by atoms with Gasteiger partial charge in [-0.25, -0.2) is 14.2 Å². The molecule has 1 aliphatic carbocycles. The van der Waals surface area contributed by atoms with E-state index >= 15 is 0 Å². The molecule has 1 aromatic heterocycles. The number of nitrogens with one attached hydrogen (secondary N) is 3. The molecule has 1 aliphatic heterocycles. The summed E-state index contributed by atoms with van der Waals surface area (Å²) in [5, 5.41) is 13.9. The van der Waals surface area contributed by atoms with Gasteiger partial charge in [0, 0.05) is 47.0 Å². The number of halogens is 1. The molecule has 3 atom stereocenters. The number of anilines is 2. The highest BCUT2D eigenvalue weighted by atomic mass is 19.1. The van der Waals surface area contributed by atoms with Gasteiger partial charge in [0.25, 0.3) is 0 Å². The van der Waals surface area contributed by atoms with Gasteiger partial charge in [0.2, 0.25) is 5.91 Å². The molecular formula is C22H29FN6O2. The van der Waals surface area contributed by atoms with Gasteiger partial charge in [0.15, 0.2) is 0 Å². The fraction of sp³-hybridized carbons (Fsp3) is 0.273. The Kier molecular flexibility index (Phi) is 5.18. The van der Waals surface area contributed by atoms with E-state index in [9.17, 15) is 14.0 Å². The van der Waals surface area contributed by atoms with E-state index < -0.39 is 6.03 Å². The first-order chi connectivity index (χ1) is 14.7. The van der Waals surface area contributed by atoms with Gasteiger partial charge in [-0.1, -0.05) is 12.1 Å². The zero-order chi connectivity index (χ0) is 22.3. The molecule has 2 aromatic rings. The van der Waals surface area contributed by atoms with Crippen molar-refractivity contribution >= 4 is 29.2 Å². The molecule has 0 spiro atoms. The van der Waals surface area contributed by atoms with Gasteiger partial charge >= 0.3 is 6.03 Å². The van der Waals surface area contributed by atoms with E-state index in [4.69, 9.17) is 11.1 Å². The lowest BCUT2D eigenvalue weighted by atomic mass is 9.96. The number of aromatic nitrogens is 1. The monoisotopic (exact) mass is 428 g/mol. The van der Waals surface area contributed by atoms with Crippen LogP contribution in [0.2, 0.25) is 0 Å². The molecule has 0 bridgehead atoms. The number of hydrogen-bond acceptors (Lipinski definition) is 5. The van der Waals surface area contributed by atoms with Gasteiger partial charge in [0.1, 0.15) is 11.6 Å². The summed E-state index contributed by atoms with van der Waals surface area (Å²) in [4.78, 5) is 30.0. The van der Waals surface area contributed by atoms with Crippen LogP contribution in [0.5, 0.6) is 0 Å². The van der Waals surface area contributed by atoms with E-state index in [1.807, 2.05) is 0 Å². The Bertz CT molecular complexity index is 1110. The van der Waals surface area contributed by atoms with E-state index in [1.54, 1.807) is 32.3 Å². The van der Waals surface area contributed by atoms with Crippen LogP contribution in [0, 0.1) is 23.1 Å². The molecule has 31 heavy (non-hydrogen) atoms. The number of nitrogens with two attached hydrogens (primary N) is 1. The number of allylic oxidation sites excluding steroid dienone is 1. The highest BCUT2D eigenvalue weighted by Crippen LogP contribution is 2.49. The number of carbonyl (C=O) groups is 2. The summed E-state index contributed by atoms with van der Waals surface area (Å²) >= 11 is 0. The van der Waals surface area contributed by atoms with Crippen molar-refractivity contribution in [2.45, 2.75) is 19.4 Å². The van der Waals surface area contributed by atoms with Crippen molar-refractivity contribution in [1.82, 2.24) is 15.2 Å². The Balaban J connectivity index is 0.00000193. The first-order valence-corrected chi connectivity index (χ1v) is 9.90. The molecule has 3 amide bonds. The number of pyridine rings is 1. The van der Waals surface area contributed by atoms with Crippen LogP contribution >= 0.6 is 0 Å². The number of benzene rings is 1. The molecule has 166 valence electrons. The number of rotatable bonds is 5. The van der Waals surface area contributed by atoms with Gasteiger partial charge in [-0.3, -0.25) is 15.5 Å². The second-order valence-corrected chi connectivity index (χ2v) is 7.89. The number of hydrogen-bond donors (Lipinski definition) is 4. The largest absolute Gasteiger partial charge is 0.398 e. The molecule has 1 fully saturated rings. The molecule has 2 heterocycles. The predicted octanol–water partition coefficient (Wildman–Crippen LogP) is 3.78. The van der Waals surface area contributed by atoms with Crippen LogP contribution in [0.1, 0.15) is 34.8 Å². The Morgan fingerprint density at radius 1 is 1.35 bits per heavy atom. The van der Waals surface area contributed by atoms with Crippen molar-refractivity contribution in [3.05, 3.63) is 65.2 Å². The van der Waals surface area contributed by atoms with Gasteiger partial charge in [-0.2, -0.15) is 0 Å². The minimum Gasteiger partial charge on any atom is -0.398 e. The third kappa shape index (κ3) is 4.11. The van der Waals surface area contributed by atoms with Crippen molar-refractivity contribution < 1.29 is 18.3 Å². The lowest BCUT2D eigenvalue weighted by molar-refractivity contribution is -0.129. The van der Waals surface area contributed by atoms with Crippen LogP contribution < -0.4 is 16.4 Å². The van der Waals surface area contributed by atoms with Gasteiger partial charge in [-0.05, 0) is 42.5 Å². The van der Waals surface area contributed by atoms with Crippen molar-refractivity contribution in [2.75, 3.05) is 18.1 Å². The summed E-state index contributed by atoms with van der Waals surface area (Å²) in [7, 11) is 1.68. The standard InChI is InChI=1S/C22H23FN6O2.3H2/c1-11(12-3-5-13(23)6-4-12)27-22(31)28-19-8-18(24)16(9-26-19)20(25)17-10-29(2)21(30)15-7-14(15)17;;;/h3-6,8-11,14-15,25H,7H2,1-2H3,(H4,24,26,27,28,31);3*1H/t11-,14?,15?;;;/m1.../s1. The maximum absolute atomic E-state index is 13.1. The summed E-state index contributed by atoms with van der Waals surface area (Å²) in [5.74, 6) is -0.00952. The van der Waals surface area contributed by atoms with Crippen LogP contribution in [-0.4, -0.2) is 34.6 Å². The van der Waals surface area contributed by atoms with Crippen LogP contribution in [-0.2, 0) is 4.79 Å². The fourth-order valence-electron chi connectivity index (χ4n) is 3.78.